The van der Waals surface area contributed by atoms with Gasteiger partial charge in [-0.05, 0) is 97.0 Å². The van der Waals surface area contributed by atoms with E-state index in [9.17, 15) is 60.2 Å². The van der Waals surface area contributed by atoms with Crippen molar-refractivity contribution in [2.75, 3.05) is 10.6 Å². The Labute approximate surface area is 317 Å². The molecule has 56 heavy (non-hydrogen) atoms. The zero-order valence-corrected chi connectivity index (χ0v) is 31.4. The predicted octanol–water partition coefficient (Wildman–Crippen LogP) is 9.15. The van der Waals surface area contributed by atoms with Crippen LogP contribution < -0.4 is 10.6 Å². The van der Waals surface area contributed by atoms with E-state index >= 15 is 0 Å². The van der Waals surface area contributed by atoms with Crippen LogP contribution in [0.1, 0.15) is 49.3 Å². The van der Waals surface area contributed by atoms with Crippen molar-refractivity contribution in [1.82, 2.24) is 0 Å². The highest BCUT2D eigenvalue weighted by molar-refractivity contribution is 7.52. The molecule has 0 aromatic heterocycles. The molecule has 0 heterocycles. The lowest BCUT2D eigenvalue weighted by Gasteiger charge is -2.34. The summed E-state index contributed by atoms with van der Waals surface area (Å²) in [7, 11) is -11.8. The van der Waals surface area contributed by atoms with Crippen molar-refractivity contribution in [3.8, 4) is 0 Å². The molecule has 0 aliphatic carbocycles. The van der Waals surface area contributed by atoms with Gasteiger partial charge in [0.15, 0.2) is 5.78 Å². The van der Waals surface area contributed by atoms with Crippen LogP contribution in [0.5, 0.6) is 0 Å². The van der Waals surface area contributed by atoms with Crippen molar-refractivity contribution in [2.45, 2.75) is 43.4 Å². The second-order valence-electron chi connectivity index (χ2n) is 13.3. The Morgan fingerprint density at radius 1 is 0.607 bits per heavy atom. The molecule has 0 saturated heterocycles. The van der Waals surface area contributed by atoms with Crippen molar-refractivity contribution in [3.05, 3.63) is 166 Å². The molecule has 5 aromatic carbocycles. The molecule has 0 unspecified atom stereocenters. The number of rotatable bonds is 13. The van der Waals surface area contributed by atoms with Gasteiger partial charge in [-0.2, -0.15) is 17.6 Å². The molecular formula is C39H35F5N2O8P2. The Morgan fingerprint density at radius 2 is 1.05 bits per heavy atom. The van der Waals surface area contributed by atoms with Gasteiger partial charge in [0.1, 0.15) is 5.82 Å². The van der Waals surface area contributed by atoms with Crippen molar-refractivity contribution in [2.24, 2.45) is 0 Å². The van der Waals surface area contributed by atoms with Crippen molar-refractivity contribution < 1.29 is 60.2 Å². The number of ketones is 1. The molecule has 0 atom stereocenters. The predicted molar refractivity (Wildman–Crippen MR) is 200 cm³/mol. The monoisotopic (exact) mass is 816 g/mol. The summed E-state index contributed by atoms with van der Waals surface area (Å²) in [5.41, 5.74) is -9.55. The summed E-state index contributed by atoms with van der Waals surface area (Å²) in [6.45, 7) is 3.67. The van der Waals surface area contributed by atoms with Gasteiger partial charge in [0.05, 0.1) is 5.41 Å². The van der Waals surface area contributed by atoms with Gasteiger partial charge in [0.2, 0.25) is 0 Å². The van der Waals surface area contributed by atoms with Crippen LogP contribution in [0.25, 0.3) is 0 Å². The second kappa shape index (κ2) is 15.9. The van der Waals surface area contributed by atoms with Gasteiger partial charge in [0.25, 0.3) is 0 Å². The minimum absolute atomic E-state index is 0.00388. The number of hydrogen-bond donors (Lipinski definition) is 6. The first-order valence-corrected chi connectivity index (χ1v) is 19.9. The molecule has 17 heteroatoms. The molecule has 0 aliphatic heterocycles. The first-order valence-electron chi connectivity index (χ1n) is 16.7. The number of Topliss-reactive ketones (excluding diaryl/α,β-unsaturated/α-hetero) is 1. The summed E-state index contributed by atoms with van der Waals surface area (Å²) in [5, 5.41) is 5.46. The lowest BCUT2D eigenvalue weighted by atomic mass is 9.67. The quantitative estimate of drug-likeness (QED) is 0.0388. The highest BCUT2D eigenvalue weighted by atomic mass is 31.2. The van der Waals surface area contributed by atoms with Crippen molar-refractivity contribution in [3.63, 3.8) is 0 Å². The summed E-state index contributed by atoms with van der Waals surface area (Å²) in [4.78, 5) is 64.7. The van der Waals surface area contributed by atoms with Gasteiger partial charge in [0, 0.05) is 28.1 Å². The lowest BCUT2D eigenvalue weighted by molar-refractivity contribution is 0.0564. The van der Waals surface area contributed by atoms with E-state index in [4.69, 9.17) is 0 Å². The average Bonchev–Trinajstić information content (AvgIpc) is 3.12. The van der Waals surface area contributed by atoms with Crippen LogP contribution >= 0.6 is 15.2 Å². The summed E-state index contributed by atoms with van der Waals surface area (Å²) in [6, 6.07) is 23.1. The van der Waals surface area contributed by atoms with Crippen molar-refractivity contribution in [1.29, 1.82) is 0 Å². The second-order valence-corrected chi connectivity index (χ2v) is 16.6. The van der Waals surface area contributed by atoms with Crippen LogP contribution in [0, 0.1) is 19.7 Å². The third-order valence-corrected chi connectivity index (χ3v) is 11.2. The summed E-state index contributed by atoms with van der Waals surface area (Å²) in [5.74, 6) is -1.30. The van der Waals surface area contributed by atoms with E-state index in [1.807, 2.05) is 26.0 Å². The summed E-state index contributed by atoms with van der Waals surface area (Å²) >= 11 is 0. The molecule has 0 bridgehead atoms. The Bertz CT molecular complexity index is 2250. The molecule has 6 N–H and O–H groups in total. The Kier molecular flexibility index (Phi) is 11.9. The smallest absolute Gasteiger partial charge is 0.320 e. The third-order valence-electron chi connectivity index (χ3n) is 9.22. The number of benzene rings is 5. The Hall–Kier alpha value is -5.01. The average molecular weight is 817 g/mol. The topological polar surface area (TPSA) is 173 Å². The fourth-order valence-electron chi connectivity index (χ4n) is 6.14. The number of aryl methyl sites for hydroxylation is 2. The molecule has 0 radical (unpaired) electrons. The van der Waals surface area contributed by atoms with E-state index < -0.39 is 60.7 Å². The zero-order valence-electron chi connectivity index (χ0n) is 29.6. The maximum atomic E-state index is 14.8. The molecule has 0 fully saturated rings. The van der Waals surface area contributed by atoms with Gasteiger partial charge in [-0.3, -0.25) is 13.9 Å². The largest absolute Gasteiger partial charge is 0.399 e. The van der Waals surface area contributed by atoms with E-state index in [2.05, 4.69) is 10.6 Å². The summed E-state index contributed by atoms with van der Waals surface area (Å²) in [6.07, 6.45) is -0.601. The Balaban J connectivity index is 1.61. The van der Waals surface area contributed by atoms with Crippen LogP contribution in [0.2, 0.25) is 0 Å². The molecule has 2 amide bonds. The minimum atomic E-state index is -5.92. The van der Waals surface area contributed by atoms with Gasteiger partial charge in [-0.1, -0.05) is 72.8 Å². The highest BCUT2D eigenvalue weighted by Crippen LogP contribution is 2.60. The number of urea groups is 1. The third kappa shape index (κ3) is 9.00. The normalized spacial score (nSPS) is 12.6. The number of anilines is 2. The fourth-order valence-corrected chi connectivity index (χ4v) is 7.11. The standard InChI is InChI=1S/C39H35F5N2O8P2/c1-24-3-4-25(2)34(21-24)46-36(48)45-33-19-15-29(16-20-33)37(35(47)28-9-17-32(40)18-10-28,22-26-5-11-30(12-6-26)38(41,42)55(49,50)51)23-27-7-13-31(14-8-27)39(43,44)56(52,53)54/h3-21H,22-23H2,1-2H3,(H2,45,46,48)(H2,49,50,51)(H2,52,53,54). The highest BCUT2D eigenvalue weighted by Gasteiger charge is 2.51. The van der Waals surface area contributed by atoms with Crippen LogP contribution in [-0.4, -0.2) is 31.4 Å². The SMILES string of the molecule is Cc1ccc(C)c(NC(=O)Nc2ccc(C(Cc3ccc(C(F)(F)P(=O)(O)O)cc3)(Cc3ccc(C(F)(F)P(=O)(O)O)cc3)C(=O)c3ccc(F)cc3)cc2)c1. The number of carbonyl (C=O) groups is 2. The van der Waals surface area contributed by atoms with Crippen LogP contribution in [-0.2, 0) is 38.7 Å². The minimum Gasteiger partial charge on any atom is -0.320 e. The maximum Gasteiger partial charge on any atom is 0.399 e. The first kappa shape index (κ1) is 42.1. The van der Waals surface area contributed by atoms with E-state index in [1.165, 1.54) is 36.4 Å². The molecule has 0 saturated carbocycles. The zero-order chi connectivity index (χ0) is 41.3. The number of alkyl halides is 4. The van der Waals surface area contributed by atoms with Gasteiger partial charge in [-0.15, -0.1) is 0 Å². The van der Waals surface area contributed by atoms with Gasteiger partial charge < -0.3 is 30.2 Å². The molecular weight excluding hydrogens is 781 g/mol. The van der Waals surface area contributed by atoms with Gasteiger partial charge in [-0.25, -0.2) is 9.18 Å². The Morgan fingerprint density at radius 3 is 1.50 bits per heavy atom. The summed E-state index contributed by atoms with van der Waals surface area (Å²) < 4.78 is 95.4. The number of amides is 2. The molecule has 10 nitrogen and oxygen atoms in total. The molecule has 294 valence electrons. The van der Waals surface area contributed by atoms with Crippen LogP contribution in [0.4, 0.5) is 38.1 Å². The number of nitrogens with one attached hydrogen (secondary N) is 2. The number of halogens is 5. The van der Waals surface area contributed by atoms with E-state index in [0.29, 0.717) is 5.69 Å². The van der Waals surface area contributed by atoms with Crippen LogP contribution in [0.3, 0.4) is 0 Å². The molecule has 0 spiro atoms. The molecule has 5 rings (SSSR count). The van der Waals surface area contributed by atoms with E-state index in [0.717, 1.165) is 71.8 Å². The maximum absolute atomic E-state index is 14.8. The molecule has 0 aliphatic rings. The van der Waals surface area contributed by atoms with Gasteiger partial charge >= 0.3 is 32.5 Å². The van der Waals surface area contributed by atoms with E-state index in [-0.39, 0.29) is 40.8 Å². The number of hydrogen-bond acceptors (Lipinski definition) is 4. The van der Waals surface area contributed by atoms with Crippen LogP contribution in [0.15, 0.2) is 115 Å². The lowest BCUT2D eigenvalue weighted by Crippen LogP contribution is -2.41. The fraction of sp³-hybridized carbons (Fsp3) is 0.179. The van der Waals surface area contributed by atoms with Crippen molar-refractivity contribution >= 4 is 38.4 Å². The molecule has 5 aromatic rings. The first-order chi connectivity index (χ1) is 26.0. The number of carbonyl (C=O) groups excluding carboxylic acids is 2. The van der Waals surface area contributed by atoms with E-state index in [1.54, 1.807) is 6.07 Å².